The Morgan fingerprint density at radius 3 is 1.12 bits per heavy atom. The summed E-state index contributed by atoms with van der Waals surface area (Å²) in [7, 11) is 0. The molecule has 0 radical (unpaired) electrons. The molecule has 0 aliphatic rings. The number of unbranched alkanes of at least 4 members (excludes halogenated alkanes) is 14. The molecule has 1 nitrogen and oxygen atoms in total. The minimum atomic E-state index is 0.786. The molecule has 0 aliphatic heterocycles. The van der Waals surface area contributed by atoms with Crippen molar-refractivity contribution in [1.29, 1.82) is 0 Å². The number of rotatable bonds is 20. The second kappa shape index (κ2) is 21.3. The van der Waals surface area contributed by atoms with Crippen LogP contribution in [0.2, 0.25) is 0 Å². The fourth-order valence-electron chi connectivity index (χ4n) is 3.39. The van der Waals surface area contributed by atoms with Crippen molar-refractivity contribution < 1.29 is 0 Å². The van der Waals surface area contributed by atoms with Crippen molar-refractivity contribution in [3.63, 3.8) is 0 Å². The average molecular weight is 360 g/mol. The lowest BCUT2D eigenvalue weighted by Crippen LogP contribution is -2.28. The maximum absolute atomic E-state index is 5.98. The summed E-state index contributed by atoms with van der Waals surface area (Å²) in [4.78, 5) is 2.60. The number of alkyl halides is 1. The molecule has 0 N–H and O–H groups in total. The number of hydrogen-bond donors (Lipinski definition) is 0. The van der Waals surface area contributed by atoms with Crippen molar-refractivity contribution >= 4 is 11.6 Å². The third-order valence-corrected chi connectivity index (χ3v) is 5.23. The van der Waals surface area contributed by atoms with Gasteiger partial charge in [-0.1, -0.05) is 104 Å². The zero-order chi connectivity index (χ0) is 17.7. The lowest BCUT2D eigenvalue weighted by Gasteiger charge is -2.21. The first-order chi connectivity index (χ1) is 11.8. The monoisotopic (exact) mass is 359 g/mol. The first-order valence-corrected chi connectivity index (χ1v) is 11.7. The molecule has 0 aromatic rings. The molecule has 146 valence electrons. The second-order valence-corrected chi connectivity index (χ2v) is 7.86. The number of nitrogens with zero attached hydrogens (tertiary/aromatic N) is 1. The van der Waals surface area contributed by atoms with E-state index in [0.29, 0.717) is 0 Å². The van der Waals surface area contributed by atoms with Crippen LogP contribution >= 0.6 is 11.6 Å². The van der Waals surface area contributed by atoms with E-state index in [1.807, 2.05) is 0 Å². The smallest absolute Gasteiger partial charge is 0.0351 e. The lowest BCUT2D eigenvalue weighted by molar-refractivity contribution is 0.274. The van der Waals surface area contributed by atoms with Gasteiger partial charge >= 0.3 is 0 Å². The van der Waals surface area contributed by atoms with Crippen LogP contribution in [-0.4, -0.2) is 30.4 Å². The minimum absolute atomic E-state index is 0.786. The summed E-state index contributed by atoms with van der Waals surface area (Å²) in [6.45, 7) is 8.18. The minimum Gasteiger partial charge on any atom is -0.302 e. The highest BCUT2D eigenvalue weighted by molar-refractivity contribution is 6.18. The third-order valence-electron chi connectivity index (χ3n) is 5.06. The summed E-state index contributed by atoms with van der Waals surface area (Å²) in [5.41, 5.74) is 0. The highest BCUT2D eigenvalue weighted by Gasteiger charge is 2.04. The molecule has 0 heterocycles. The largest absolute Gasteiger partial charge is 0.302 e. The van der Waals surface area contributed by atoms with E-state index >= 15 is 0 Å². The van der Waals surface area contributed by atoms with Crippen LogP contribution in [0.4, 0.5) is 0 Å². The summed E-state index contributed by atoms with van der Waals surface area (Å²) < 4.78 is 0. The topological polar surface area (TPSA) is 3.24 Å². The first-order valence-electron chi connectivity index (χ1n) is 11.1. The van der Waals surface area contributed by atoms with Crippen molar-refractivity contribution in [3.05, 3.63) is 0 Å². The summed E-state index contributed by atoms with van der Waals surface area (Å²) >= 11 is 5.98. The SMILES string of the molecule is CCCCCCCCCCN(CCCl)CCCCCCCCCC. The Morgan fingerprint density at radius 2 is 0.792 bits per heavy atom. The quantitative estimate of drug-likeness (QED) is 0.158. The van der Waals surface area contributed by atoms with E-state index in [4.69, 9.17) is 11.6 Å². The summed E-state index contributed by atoms with van der Waals surface area (Å²) in [5.74, 6) is 0.786. The molecule has 0 rings (SSSR count). The van der Waals surface area contributed by atoms with Gasteiger partial charge in [0.1, 0.15) is 0 Å². The van der Waals surface area contributed by atoms with Crippen molar-refractivity contribution in [3.8, 4) is 0 Å². The predicted molar refractivity (Wildman–Crippen MR) is 112 cm³/mol. The molecular weight excluding hydrogens is 314 g/mol. The zero-order valence-electron chi connectivity index (χ0n) is 17.0. The Bertz CT molecular complexity index is 200. The highest BCUT2D eigenvalue weighted by Crippen LogP contribution is 2.11. The van der Waals surface area contributed by atoms with Gasteiger partial charge in [-0.3, -0.25) is 0 Å². The van der Waals surface area contributed by atoms with Gasteiger partial charge < -0.3 is 4.90 Å². The molecule has 24 heavy (non-hydrogen) atoms. The molecule has 0 aromatic heterocycles. The van der Waals surface area contributed by atoms with Crippen LogP contribution < -0.4 is 0 Å². The van der Waals surface area contributed by atoms with Crippen LogP contribution in [0, 0.1) is 0 Å². The Morgan fingerprint density at radius 1 is 0.458 bits per heavy atom. The van der Waals surface area contributed by atoms with Crippen molar-refractivity contribution in [2.24, 2.45) is 0 Å². The van der Waals surface area contributed by atoms with Crippen LogP contribution in [0.15, 0.2) is 0 Å². The van der Waals surface area contributed by atoms with Gasteiger partial charge in [-0.15, -0.1) is 11.6 Å². The van der Waals surface area contributed by atoms with Crippen molar-refractivity contribution in [1.82, 2.24) is 4.90 Å². The fourth-order valence-corrected chi connectivity index (χ4v) is 3.63. The molecule has 0 amide bonds. The summed E-state index contributed by atoms with van der Waals surface area (Å²) in [6, 6.07) is 0. The third kappa shape index (κ3) is 18.6. The van der Waals surface area contributed by atoms with Crippen LogP contribution in [0.25, 0.3) is 0 Å². The molecule has 2 heteroatoms. The highest BCUT2D eigenvalue weighted by atomic mass is 35.5. The van der Waals surface area contributed by atoms with E-state index in [1.165, 1.54) is 116 Å². The van der Waals surface area contributed by atoms with Gasteiger partial charge in [0, 0.05) is 12.4 Å². The first kappa shape index (κ1) is 24.2. The Balaban J connectivity index is 3.43. The Hall–Kier alpha value is 0.250. The van der Waals surface area contributed by atoms with Gasteiger partial charge in [0.2, 0.25) is 0 Å². The van der Waals surface area contributed by atoms with E-state index in [-0.39, 0.29) is 0 Å². The molecule has 0 aliphatic carbocycles. The molecule has 0 bridgehead atoms. The zero-order valence-corrected chi connectivity index (χ0v) is 17.7. The molecule has 0 aromatic carbocycles. The van der Waals surface area contributed by atoms with E-state index < -0.39 is 0 Å². The van der Waals surface area contributed by atoms with Gasteiger partial charge in [-0.2, -0.15) is 0 Å². The molecule has 0 unspecified atom stereocenters. The summed E-state index contributed by atoms with van der Waals surface area (Å²) in [6.07, 6.45) is 22.6. The number of halogens is 1. The molecule has 0 fully saturated rings. The van der Waals surface area contributed by atoms with Crippen LogP contribution in [0.1, 0.15) is 117 Å². The normalized spacial score (nSPS) is 11.5. The van der Waals surface area contributed by atoms with Crippen LogP contribution in [-0.2, 0) is 0 Å². The van der Waals surface area contributed by atoms with Crippen LogP contribution in [0.5, 0.6) is 0 Å². The molecule has 0 atom stereocenters. The van der Waals surface area contributed by atoms with E-state index in [9.17, 15) is 0 Å². The maximum atomic E-state index is 5.98. The summed E-state index contributed by atoms with van der Waals surface area (Å²) in [5, 5.41) is 0. The fraction of sp³-hybridized carbons (Fsp3) is 1.00. The number of hydrogen-bond acceptors (Lipinski definition) is 1. The van der Waals surface area contributed by atoms with Crippen molar-refractivity contribution in [2.45, 2.75) is 117 Å². The Kier molecular flexibility index (Phi) is 21.5. The van der Waals surface area contributed by atoms with Crippen LogP contribution in [0.3, 0.4) is 0 Å². The van der Waals surface area contributed by atoms with Gasteiger partial charge in [-0.25, -0.2) is 0 Å². The van der Waals surface area contributed by atoms with Gasteiger partial charge in [-0.05, 0) is 25.9 Å². The Labute approximate surface area is 158 Å². The van der Waals surface area contributed by atoms with Gasteiger partial charge in [0.15, 0.2) is 0 Å². The van der Waals surface area contributed by atoms with E-state index in [0.717, 1.165) is 12.4 Å². The maximum Gasteiger partial charge on any atom is 0.0351 e. The molecule has 0 saturated heterocycles. The lowest BCUT2D eigenvalue weighted by atomic mass is 10.1. The van der Waals surface area contributed by atoms with Crippen molar-refractivity contribution in [2.75, 3.05) is 25.5 Å². The standard InChI is InChI=1S/C22H46ClN/c1-3-5-7-9-11-13-15-17-20-24(22-19-23)21-18-16-14-12-10-8-6-4-2/h3-22H2,1-2H3. The van der Waals surface area contributed by atoms with E-state index in [1.54, 1.807) is 0 Å². The second-order valence-electron chi connectivity index (χ2n) is 7.48. The van der Waals surface area contributed by atoms with E-state index in [2.05, 4.69) is 18.7 Å². The molecule has 0 spiro atoms. The average Bonchev–Trinajstić information content (AvgIpc) is 2.59. The van der Waals surface area contributed by atoms with Gasteiger partial charge in [0.05, 0.1) is 0 Å². The molecular formula is C22H46ClN. The van der Waals surface area contributed by atoms with Gasteiger partial charge in [0.25, 0.3) is 0 Å². The predicted octanol–water partition coefficient (Wildman–Crippen LogP) is 7.81. The molecule has 0 saturated carbocycles.